The molecule has 0 aromatic heterocycles. The molecule has 3 aliphatic heterocycles. The zero-order chi connectivity index (χ0) is 14.9. The zero-order valence-electron chi connectivity index (χ0n) is 13.1. The van der Waals surface area contributed by atoms with Crippen LogP contribution in [0.2, 0.25) is 0 Å². The Bertz CT molecular complexity index is 408. The van der Waals surface area contributed by atoms with E-state index in [0.29, 0.717) is 12.0 Å². The summed E-state index contributed by atoms with van der Waals surface area (Å²) in [6.45, 7) is 7.09. The van der Waals surface area contributed by atoms with Gasteiger partial charge in [0.15, 0.2) is 0 Å². The number of rotatable bonds is 1. The van der Waals surface area contributed by atoms with Crippen molar-refractivity contribution in [3.05, 3.63) is 0 Å². The summed E-state index contributed by atoms with van der Waals surface area (Å²) in [5.41, 5.74) is 0.453. The highest BCUT2D eigenvalue weighted by Gasteiger charge is 2.39. The lowest BCUT2D eigenvalue weighted by atomic mass is 9.77. The first-order chi connectivity index (χ1) is 10.1. The van der Waals surface area contributed by atoms with E-state index in [1.165, 1.54) is 6.42 Å². The molecule has 118 valence electrons. The fourth-order valence-electron chi connectivity index (χ4n) is 4.15. The van der Waals surface area contributed by atoms with E-state index in [1.54, 1.807) is 6.92 Å². The molecule has 5 heteroatoms. The first-order valence-electron chi connectivity index (χ1n) is 8.35. The maximum absolute atomic E-state index is 12.7. The lowest BCUT2D eigenvalue weighted by molar-refractivity contribution is -0.141. The summed E-state index contributed by atoms with van der Waals surface area (Å²) in [5, 5.41) is 3.46. The molecule has 3 aliphatic rings. The third-order valence-electron chi connectivity index (χ3n) is 5.68. The number of piperidine rings is 2. The van der Waals surface area contributed by atoms with Crippen molar-refractivity contribution in [2.45, 2.75) is 39.0 Å². The van der Waals surface area contributed by atoms with Crippen LogP contribution in [0.25, 0.3) is 0 Å². The second-order valence-electron chi connectivity index (χ2n) is 7.06. The predicted molar refractivity (Wildman–Crippen MR) is 80.7 cm³/mol. The van der Waals surface area contributed by atoms with E-state index in [0.717, 1.165) is 58.4 Å². The van der Waals surface area contributed by atoms with Crippen LogP contribution in [0.5, 0.6) is 0 Å². The summed E-state index contributed by atoms with van der Waals surface area (Å²) in [6, 6.07) is 0. The summed E-state index contributed by atoms with van der Waals surface area (Å²) < 4.78 is 0. The SMILES string of the molecule is CC(=O)N1CCCC(C(=O)N2CCC3(CCNC3)CC2)C1. The number of likely N-dealkylation sites (tertiary alicyclic amines) is 2. The summed E-state index contributed by atoms with van der Waals surface area (Å²) >= 11 is 0. The number of nitrogens with one attached hydrogen (secondary N) is 1. The Labute approximate surface area is 127 Å². The molecule has 1 spiro atoms. The maximum Gasteiger partial charge on any atom is 0.227 e. The van der Waals surface area contributed by atoms with Crippen LogP contribution < -0.4 is 5.32 Å². The molecular weight excluding hydrogens is 266 g/mol. The van der Waals surface area contributed by atoms with Gasteiger partial charge in [-0.05, 0) is 44.1 Å². The molecule has 3 saturated heterocycles. The molecule has 3 fully saturated rings. The van der Waals surface area contributed by atoms with Crippen LogP contribution in [0.4, 0.5) is 0 Å². The van der Waals surface area contributed by atoms with E-state index in [9.17, 15) is 9.59 Å². The molecule has 5 nitrogen and oxygen atoms in total. The van der Waals surface area contributed by atoms with Crippen LogP contribution in [0, 0.1) is 11.3 Å². The van der Waals surface area contributed by atoms with Crippen molar-refractivity contribution >= 4 is 11.8 Å². The van der Waals surface area contributed by atoms with Gasteiger partial charge in [-0.25, -0.2) is 0 Å². The molecule has 3 heterocycles. The normalized spacial score (nSPS) is 28.9. The van der Waals surface area contributed by atoms with E-state index in [-0.39, 0.29) is 17.7 Å². The molecule has 0 radical (unpaired) electrons. The minimum Gasteiger partial charge on any atom is -0.342 e. The van der Waals surface area contributed by atoms with Gasteiger partial charge in [0, 0.05) is 39.6 Å². The first-order valence-corrected chi connectivity index (χ1v) is 8.35. The van der Waals surface area contributed by atoms with Crippen LogP contribution in [0.3, 0.4) is 0 Å². The second-order valence-corrected chi connectivity index (χ2v) is 7.06. The van der Waals surface area contributed by atoms with Crippen LogP contribution in [0.15, 0.2) is 0 Å². The van der Waals surface area contributed by atoms with Gasteiger partial charge in [0.2, 0.25) is 11.8 Å². The Morgan fingerprint density at radius 2 is 1.86 bits per heavy atom. The molecule has 3 rings (SSSR count). The standard InChI is InChI=1S/C16H27N3O2/c1-13(20)19-8-2-3-14(11-19)15(21)18-9-5-16(6-10-18)4-7-17-12-16/h14,17H,2-12H2,1H3. The van der Waals surface area contributed by atoms with E-state index in [1.807, 2.05) is 4.90 Å². The third kappa shape index (κ3) is 3.07. The Hall–Kier alpha value is -1.10. The Kier molecular flexibility index (Phi) is 4.20. The second kappa shape index (κ2) is 5.95. The number of carbonyl (C=O) groups is 2. The highest BCUT2D eigenvalue weighted by atomic mass is 16.2. The molecule has 2 amide bonds. The first kappa shape index (κ1) is 14.8. The van der Waals surface area contributed by atoms with Gasteiger partial charge in [-0.1, -0.05) is 0 Å². The Morgan fingerprint density at radius 1 is 1.10 bits per heavy atom. The van der Waals surface area contributed by atoms with E-state index >= 15 is 0 Å². The molecular formula is C16H27N3O2. The van der Waals surface area contributed by atoms with Crippen molar-refractivity contribution in [2.24, 2.45) is 11.3 Å². The summed E-state index contributed by atoms with van der Waals surface area (Å²) in [7, 11) is 0. The van der Waals surface area contributed by atoms with Gasteiger partial charge in [-0.3, -0.25) is 9.59 Å². The summed E-state index contributed by atoms with van der Waals surface area (Å²) in [5.74, 6) is 0.405. The molecule has 0 aromatic rings. The number of nitrogens with zero attached hydrogens (tertiary/aromatic N) is 2. The molecule has 0 aliphatic carbocycles. The van der Waals surface area contributed by atoms with Gasteiger partial charge in [-0.15, -0.1) is 0 Å². The van der Waals surface area contributed by atoms with Crippen LogP contribution in [0.1, 0.15) is 39.0 Å². The predicted octanol–water partition coefficient (Wildman–Crippen LogP) is 0.847. The number of amides is 2. The summed E-state index contributed by atoms with van der Waals surface area (Å²) in [6.07, 6.45) is 5.42. The van der Waals surface area contributed by atoms with Crippen molar-refractivity contribution in [1.82, 2.24) is 15.1 Å². The zero-order valence-corrected chi connectivity index (χ0v) is 13.1. The molecule has 1 unspecified atom stereocenters. The van der Waals surface area contributed by atoms with Gasteiger partial charge >= 0.3 is 0 Å². The van der Waals surface area contributed by atoms with Gasteiger partial charge in [0.25, 0.3) is 0 Å². The minimum atomic E-state index is 0.0263. The van der Waals surface area contributed by atoms with E-state index < -0.39 is 0 Å². The van der Waals surface area contributed by atoms with Crippen LogP contribution in [-0.4, -0.2) is 60.9 Å². The van der Waals surface area contributed by atoms with Crippen molar-refractivity contribution < 1.29 is 9.59 Å². The fourth-order valence-corrected chi connectivity index (χ4v) is 4.15. The van der Waals surface area contributed by atoms with Gasteiger partial charge in [-0.2, -0.15) is 0 Å². The average molecular weight is 293 g/mol. The molecule has 1 atom stereocenters. The molecule has 0 bridgehead atoms. The van der Waals surface area contributed by atoms with Gasteiger partial charge in [0.05, 0.1) is 5.92 Å². The van der Waals surface area contributed by atoms with Crippen molar-refractivity contribution in [3.63, 3.8) is 0 Å². The molecule has 21 heavy (non-hydrogen) atoms. The van der Waals surface area contributed by atoms with Gasteiger partial charge < -0.3 is 15.1 Å². The molecule has 0 saturated carbocycles. The molecule has 1 N–H and O–H groups in total. The lowest BCUT2D eigenvalue weighted by Crippen LogP contribution is -2.50. The van der Waals surface area contributed by atoms with Crippen LogP contribution >= 0.6 is 0 Å². The average Bonchev–Trinajstić information content (AvgIpc) is 2.96. The third-order valence-corrected chi connectivity index (χ3v) is 5.68. The van der Waals surface area contributed by atoms with Crippen molar-refractivity contribution in [2.75, 3.05) is 39.3 Å². The number of hydrogen-bond donors (Lipinski definition) is 1. The van der Waals surface area contributed by atoms with Gasteiger partial charge in [0.1, 0.15) is 0 Å². The topological polar surface area (TPSA) is 52.7 Å². The highest BCUT2D eigenvalue weighted by molar-refractivity contribution is 5.81. The smallest absolute Gasteiger partial charge is 0.227 e. The maximum atomic E-state index is 12.7. The summed E-state index contributed by atoms with van der Waals surface area (Å²) in [4.78, 5) is 28.1. The molecule has 0 aromatic carbocycles. The largest absolute Gasteiger partial charge is 0.342 e. The van der Waals surface area contributed by atoms with Crippen molar-refractivity contribution in [3.8, 4) is 0 Å². The monoisotopic (exact) mass is 293 g/mol. The lowest BCUT2D eigenvalue weighted by Gasteiger charge is -2.41. The quantitative estimate of drug-likeness (QED) is 0.780. The minimum absolute atomic E-state index is 0.0263. The highest BCUT2D eigenvalue weighted by Crippen LogP contribution is 2.37. The number of carbonyl (C=O) groups excluding carboxylic acids is 2. The number of hydrogen-bond acceptors (Lipinski definition) is 3. The van der Waals surface area contributed by atoms with Crippen LogP contribution in [-0.2, 0) is 9.59 Å². The van der Waals surface area contributed by atoms with Crippen molar-refractivity contribution in [1.29, 1.82) is 0 Å². The van der Waals surface area contributed by atoms with E-state index in [4.69, 9.17) is 0 Å². The Morgan fingerprint density at radius 3 is 2.48 bits per heavy atom. The van der Waals surface area contributed by atoms with E-state index in [2.05, 4.69) is 10.2 Å². The fraction of sp³-hybridized carbons (Fsp3) is 0.875. The Balaban J connectivity index is 1.55.